The first-order valence-electron chi connectivity index (χ1n) is 12.7. The van der Waals surface area contributed by atoms with Crippen LogP contribution in [0.4, 0.5) is 5.69 Å². The van der Waals surface area contributed by atoms with Crippen LogP contribution in [-0.4, -0.2) is 79.3 Å². The van der Waals surface area contributed by atoms with Gasteiger partial charge in [-0.3, -0.25) is 19.8 Å². The highest BCUT2D eigenvalue weighted by Crippen LogP contribution is 2.31. The third-order valence-corrected chi connectivity index (χ3v) is 6.62. The molecule has 0 radical (unpaired) electrons. The minimum absolute atomic E-state index is 0.143. The Morgan fingerprint density at radius 2 is 1.89 bits per heavy atom. The van der Waals surface area contributed by atoms with Gasteiger partial charge in [-0.05, 0) is 49.7 Å². The van der Waals surface area contributed by atoms with Crippen LogP contribution in [0.15, 0.2) is 60.4 Å². The van der Waals surface area contributed by atoms with Gasteiger partial charge in [-0.1, -0.05) is 30.3 Å². The van der Waals surface area contributed by atoms with E-state index in [2.05, 4.69) is 15.5 Å². The highest BCUT2D eigenvalue weighted by molar-refractivity contribution is 6.42. The van der Waals surface area contributed by atoms with Gasteiger partial charge in [0.15, 0.2) is 0 Å². The lowest BCUT2D eigenvalue weighted by Crippen LogP contribution is -2.50. The van der Waals surface area contributed by atoms with Gasteiger partial charge in [0.1, 0.15) is 24.1 Å². The van der Waals surface area contributed by atoms with Crippen molar-refractivity contribution in [3.05, 3.63) is 71.5 Å². The SMILES string of the molecule is CN1C(=O)C(NC(=O)C(=N)/C=C(\O)Cc2ccccc2)COc2ccc(C(=O)NCCN3CCCC3)cc21. The van der Waals surface area contributed by atoms with E-state index in [1.54, 1.807) is 25.2 Å². The zero-order valence-electron chi connectivity index (χ0n) is 21.4. The molecule has 2 aliphatic heterocycles. The summed E-state index contributed by atoms with van der Waals surface area (Å²) < 4.78 is 5.78. The van der Waals surface area contributed by atoms with E-state index in [-0.39, 0.29) is 24.7 Å². The van der Waals surface area contributed by atoms with Crippen molar-refractivity contribution >= 4 is 29.1 Å². The summed E-state index contributed by atoms with van der Waals surface area (Å²) in [7, 11) is 1.54. The number of aliphatic hydroxyl groups is 1. The van der Waals surface area contributed by atoms with Crippen molar-refractivity contribution in [2.75, 3.05) is 44.7 Å². The fourth-order valence-electron chi connectivity index (χ4n) is 4.50. The molecular weight excluding hydrogens is 486 g/mol. The van der Waals surface area contributed by atoms with E-state index in [0.717, 1.165) is 31.3 Å². The number of hydrogen-bond acceptors (Lipinski definition) is 7. The summed E-state index contributed by atoms with van der Waals surface area (Å²) in [4.78, 5) is 42.1. The number of nitrogens with zero attached hydrogens (tertiary/aromatic N) is 2. The molecule has 1 fully saturated rings. The van der Waals surface area contributed by atoms with Crippen molar-refractivity contribution in [2.45, 2.75) is 25.3 Å². The van der Waals surface area contributed by atoms with Gasteiger partial charge in [-0.2, -0.15) is 0 Å². The zero-order chi connectivity index (χ0) is 27.1. The largest absolute Gasteiger partial charge is 0.512 e. The highest BCUT2D eigenvalue weighted by atomic mass is 16.5. The van der Waals surface area contributed by atoms with E-state index in [1.165, 1.54) is 17.7 Å². The van der Waals surface area contributed by atoms with Crippen molar-refractivity contribution < 1.29 is 24.2 Å². The number of fused-ring (bicyclic) bond motifs is 1. The summed E-state index contributed by atoms with van der Waals surface area (Å²) in [6.45, 7) is 3.31. The molecule has 1 unspecified atom stereocenters. The van der Waals surface area contributed by atoms with E-state index < -0.39 is 23.6 Å². The quantitative estimate of drug-likeness (QED) is 0.296. The summed E-state index contributed by atoms with van der Waals surface area (Å²) in [6.07, 6.45) is 3.62. The fourth-order valence-corrected chi connectivity index (χ4v) is 4.50. The van der Waals surface area contributed by atoms with Gasteiger partial charge in [0.25, 0.3) is 17.7 Å². The summed E-state index contributed by atoms with van der Waals surface area (Å²) in [5.41, 5.74) is 1.16. The van der Waals surface area contributed by atoms with Crippen molar-refractivity contribution in [2.24, 2.45) is 0 Å². The number of amides is 3. The second kappa shape index (κ2) is 12.4. The first kappa shape index (κ1) is 26.9. The van der Waals surface area contributed by atoms with Crippen LogP contribution in [0.1, 0.15) is 28.8 Å². The molecule has 0 bridgehead atoms. The van der Waals surface area contributed by atoms with E-state index in [4.69, 9.17) is 10.1 Å². The Morgan fingerprint density at radius 3 is 2.63 bits per heavy atom. The lowest BCUT2D eigenvalue weighted by Gasteiger charge is -2.20. The van der Waals surface area contributed by atoms with Crippen LogP contribution in [-0.2, 0) is 16.0 Å². The Balaban J connectivity index is 1.35. The van der Waals surface area contributed by atoms with E-state index in [0.29, 0.717) is 23.5 Å². The molecule has 2 aromatic rings. The van der Waals surface area contributed by atoms with Crippen LogP contribution in [0.2, 0.25) is 0 Å². The number of aliphatic hydroxyl groups excluding tert-OH is 1. The summed E-state index contributed by atoms with van der Waals surface area (Å²) in [5.74, 6) is -1.24. The molecule has 0 aromatic heterocycles. The molecule has 10 heteroatoms. The Hall–Kier alpha value is -4.18. The first-order valence-corrected chi connectivity index (χ1v) is 12.7. The molecule has 2 heterocycles. The van der Waals surface area contributed by atoms with Crippen molar-refractivity contribution in [1.29, 1.82) is 5.41 Å². The van der Waals surface area contributed by atoms with Gasteiger partial charge in [0.05, 0.1) is 11.4 Å². The Morgan fingerprint density at radius 1 is 1.16 bits per heavy atom. The number of nitrogens with one attached hydrogen (secondary N) is 3. The maximum atomic E-state index is 13.1. The van der Waals surface area contributed by atoms with Gasteiger partial charge in [-0.15, -0.1) is 0 Å². The van der Waals surface area contributed by atoms with E-state index in [1.807, 2.05) is 30.3 Å². The van der Waals surface area contributed by atoms with Crippen molar-refractivity contribution in [1.82, 2.24) is 15.5 Å². The van der Waals surface area contributed by atoms with Crippen LogP contribution < -0.4 is 20.3 Å². The molecule has 0 spiro atoms. The third kappa shape index (κ3) is 6.77. The fraction of sp³-hybridized carbons (Fsp3) is 0.357. The molecule has 200 valence electrons. The molecule has 2 aromatic carbocycles. The van der Waals surface area contributed by atoms with Crippen molar-refractivity contribution in [3.8, 4) is 5.75 Å². The number of allylic oxidation sites excluding steroid dienone is 1. The summed E-state index contributed by atoms with van der Waals surface area (Å²) in [5, 5.41) is 23.6. The standard InChI is InChI=1S/C28H33N5O5/c1-32-24-16-20(26(35)30-11-14-33-12-5-6-13-33)9-10-25(24)38-18-23(28(32)37)31-27(36)22(29)17-21(34)15-19-7-3-2-4-8-19/h2-4,7-10,16-17,23,29,34H,5-6,11-15,18H2,1H3,(H,30,35)(H,31,36)/b21-17-,29-22?. The number of likely N-dealkylation sites (tertiary alicyclic amines) is 1. The number of carbonyl (C=O) groups is 3. The molecule has 38 heavy (non-hydrogen) atoms. The average molecular weight is 520 g/mol. The van der Waals surface area contributed by atoms with Crippen molar-refractivity contribution in [3.63, 3.8) is 0 Å². The second-order valence-corrected chi connectivity index (χ2v) is 9.43. The number of hydrogen-bond donors (Lipinski definition) is 4. The normalized spacial score (nSPS) is 17.8. The number of carbonyl (C=O) groups excluding carboxylic acids is 3. The van der Waals surface area contributed by atoms with Crippen LogP contribution in [0.3, 0.4) is 0 Å². The molecule has 0 saturated carbocycles. The van der Waals surface area contributed by atoms with Gasteiger partial charge < -0.3 is 30.3 Å². The number of ether oxygens (including phenoxy) is 1. The number of rotatable bonds is 9. The minimum Gasteiger partial charge on any atom is -0.512 e. The highest BCUT2D eigenvalue weighted by Gasteiger charge is 2.31. The lowest BCUT2D eigenvalue weighted by atomic mass is 10.1. The third-order valence-electron chi connectivity index (χ3n) is 6.62. The predicted octanol–water partition coefficient (Wildman–Crippen LogP) is 2.06. The molecule has 1 saturated heterocycles. The zero-order valence-corrected chi connectivity index (χ0v) is 21.4. The van der Waals surface area contributed by atoms with Gasteiger partial charge in [-0.25, -0.2) is 0 Å². The Bertz CT molecular complexity index is 1220. The molecule has 10 nitrogen and oxygen atoms in total. The minimum atomic E-state index is -1.05. The van der Waals surface area contributed by atoms with Crippen LogP contribution in [0, 0.1) is 5.41 Å². The topological polar surface area (TPSA) is 135 Å². The summed E-state index contributed by atoms with van der Waals surface area (Å²) >= 11 is 0. The monoisotopic (exact) mass is 519 g/mol. The molecular formula is C28H33N5O5. The molecule has 0 aliphatic carbocycles. The Kier molecular flexibility index (Phi) is 8.75. The van der Waals surface area contributed by atoms with Gasteiger partial charge >= 0.3 is 0 Å². The molecule has 1 atom stereocenters. The molecule has 3 amide bonds. The van der Waals surface area contributed by atoms with E-state index >= 15 is 0 Å². The van der Waals surface area contributed by atoms with Gasteiger partial charge in [0, 0.05) is 38.2 Å². The van der Waals surface area contributed by atoms with Crippen LogP contribution >= 0.6 is 0 Å². The maximum Gasteiger partial charge on any atom is 0.270 e. The maximum absolute atomic E-state index is 13.1. The first-order chi connectivity index (χ1) is 18.3. The van der Waals surface area contributed by atoms with Crippen LogP contribution in [0.5, 0.6) is 5.75 Å². The lowest BCUT2D eigenvalue weighted by molar-refractivity contribution is -0.124. The number of benzene rings is 2. The van der Waals surface area contributed by atoms with Gasteiger partial charge in [0.2, 0.25) is 0 Å². The number of anilines is 1. The molecule has 2 aliphatic rings. The predicted molar refractivity (Wildman–Crippen MR) is 144 cm³/mol. The number of likely N-dealkylation sites (N-methyl/N-ethyl adjacent to an activating group) is 1. The van der Waals surface area contributed by atoms with E-state index in [9.17, 15) is 19.5 Å². The Labute approximate surface area is 221 Å². The molecule has 4 N–H and O–H groups in total. The smallest absolute Gasteiger partial charge is 0.270 e. The summed E-state index contributed by atoms with van der Waals surface area (Å²) in [6, 6.07) is 13.0. The van der Waals surface area contributed by atoms with Crippen LogP contribution in [0.25, 0.3) is 0 Å². The second-order valence-electron chi connectivity index (χ2n) is 9.43. The molecule has 4 rings (SSSR count). The average Bonchev–Trinajstić information content (AvgIpc) is 3.40.